The van der Waals surface area contributed by atoms with Gasteiger partial charge in [0.1, 0.15) is 67.1 Å². The van der Waals surface area contributed by atoms with Crippen LogP contribution in [0, 0.1) is 0 Å². The molecule has 19 atom stereocenters. The van der Waals surface area contributed by atoms with E-state index in [2.05, 4.69) is 26.2 Å². The highest BCUT2D eigenvalue weighted by molar-refractivity contribution is 7.80. The summed E-state index contributed by atoms with van der Waals surface area (Å²) in [7, 11) is 3.94. The van der Waals surface area contributed by atoms with Gasteiger partial charge in [-0.25, -0.2) is 0 Å². The van der Waals surface area contributed by atoms with E-state index >= 15 is 0 Å². The maximum atomic E-state index is 12.8. The van der Waals surface area contributed by atoms with Gasteiger partial charge >= 0.3 is 0 Å². The van der Waals surface area contributed by atoms with Gasteiger partial charge in [-0.2, -0.15) is 10.2 Å². The first-order chi connectivity index (χ1) is 33.4. The molecule has 1 amide bonds. The molecule has 2 aromatic carbocycles. The van der Waals surface area contributed by atoms with Gasteiger partial charge in [0.05, 0.1) is 36.2 Å². The summed E-state index contributed by atoms with van der Waals surface area (Å²) in [6.45, 7) is -0.545. The molecule has 0 radical (unpaired) electrons. The summed E-state index contributed by atoms with van der Waals surface area (Å²) in [5.74, 6) is -0.329. The first-order valence-corrected chi connectivity index (χ1v) is 23.8. The van der Waals surface area contributed by atoms with E-state index in [4.69, 9.17) is 69.3 Å². The average molecular weight is 1010 g/mol. The zero-order valence-electron chi connectivity index (χ0n) is 39.1. The van der Waals surface area contributed by atoms with Gasteiger partial charge in [-0.1, -0.05) is 6.42 Å². The van der Waals surface area contributed by atoms with Crippen LogP contribution in [0.3, 0.4) is 0 Å². The number of ether oxygens (including phenoxy) is 6. The standard InChI is InChI=1S/C44H71N11O14S/c1-55(2)23-13-11-22(12-14-23)54-53-21-9-7-20(8-10-21)52-44(70)50-15-5-3-4-6-29(57)51-18-27-34(60)36(62)31(49)42(65-27)68-39-28(19-56)66-43(37(39)63)69-40-32(58)24(46)16-25(47)38(40)67-41-30(48)35(61)33(59)26(17-45)64-41/h7-14,24-28,30-43,56,58-63H,3-6,15-19,45-49H2,1-2H3,(H,51,57)(H2,50,52,70)/t24-,25+,26-,27-,28-,30-,31-,32+,33-,34-,35-,36-,37-,38-,39-,40-,41-,42-,43+/m1/s1. The van der Waals surface area contributed by atoms with Gasteiger partial charge in [0.15, 0.2) is 24.0 Å². The van der Waals surface area contributed by atoms with Crippen molar-refractivity contribution in [2.24, 2.45) is 38.9 Å². The number of nitrogens with two attached hydrogens (primary N) is 5. The average Bonchev–Trinajstić information content (AvgIpc) is 3.64. The van der Waals surface area contributed by atoms with Crippen LogP contribution in [0.2, 0.25) is 0 Å². The molecular formula is C44H71N11O14S. The Hall–Kier alpha value is -3.72. The highest BCUT2D eigenvalue weighted by Crippen LogP contribution is 2.34. The quantitative estimate of drug-likeness (QED) is 0.0345. The Labute approximate surface area is 410 Å². The molecule has 4 aliphatic rings. The minimum atomic E-state index is -1.69. The van der Waals surface area contributed by atoms with Crippen molar-refractivity contribution in [3.8, 4) is 0 Å². The summed E-state index contributed by atoms with van der Waals surface area (Å²) in [6, 6.07) is 10.7. The second-order valence-electron chi connectivity index (χ2n) is 18.2. The lowest BCUT2D eigenvalue weighted by atomic mass is 9.84. The molecule has 3 saturated heterocycles. The van der Waals surface area contributed by atoms with E-state index in [1.807, 2.05) is 67.5 Å². The monoisotopic (exact) mass is 1010 g/mol. The summed E-state index contributed by atoms with van der Waals surface area (Å²) >= 11 is 5.43. The molecule has 25 nitrogen and oxygen atoms in total. The molecule has 26 heteroatoms. The van der Waals surface area contributed by atoms with Crippen LogP contribution in [0.5, 0.6) is 0 Å². The third kappa shape index (κ3) is 14.1. The molecule has 0 aromatic heterocycles. The highest BCUT2D eigenvalue weighted by Gasteiger charge is 2.54. The maximum absolute atomic E-state index is 12.8. The number of hydrogen-bond donors (Lipinski definition) is 15. The fourth-order valence-corrected chi connectivity index (χ4v) is 8.75. The van der Waals surface area contributed by atoms with Gasteiger partial charge in [-0.3, -0.25) is 4.79 Å². The number of benzene rings is 2. The number of rotatable bonds is 20. The molecule has 3 heterocycles. The number of nitrogens with zero attached hydrogens (tertiary/aromatic N) is 3. The number of aliphatic hydroxyl groups is 7. The number of carbonyl (C=O) groups is 1. The Balaban J connectivity index is 0.925. The first-order valence-electron chi connectivity index (χ1n) is 23.4. The number of nitrogens with one attached hydrogen (secondary N) is 3. The molecule has 0 bridgehead atoms. The fourth-order valence-electron chi connectivity index (χ4n) is 8.53. The van der Waals surface area contributed by atoms with Gasteiger partial charge < -0.3 is 114 Å². The molecule has 1 saturated carbocycles. The predicted molar refractivity (Wildman–Crippen MR) is 256 cm³/mol. The fraction of sp³-hybridized carbons (Fsp3) is 0.682. The van der Waals surface area contributed by atoms with Crippen LogP contribution >= 0.6 is 12.2 Å². The van der Waals surface area contributed by atoms with Crippen molar-refractivity contribution < 1.29 is 69.0 Å². The van der Waals surface area contributed by atoms with Gasteiger partial charge in [0, 0.05) is 63.6 Å². The Bertz CT molecular complexity index is 1990. The van der Waals surface area contributed by atoms with Crippen LogP contribution in [-0.4, -0.2) is 203 Å². The third-order valence-corrected chi connectivity index (χ3v) is 13.0. The number of anilines is 2. The maximum Gasteiger partial charge on any atom is 0.220 e. The number of aliphatic hydroxyl groups excluding tert-OH is 7. The Kier molecular flexibility index (Phi) is 20.5. The SMILES string of the molecule is CN(C)c1ccc(N=Nc2ccc(NC(=S)NCCCCCC(=O)NC[C@H]3O[C@H](O[C@H]4[C@@H](O)[C@H](O[C@@H]5[C@@H](O)[C@H](N)C[C@H](N)[C@H]5O[C@H]5O[C@H](CN)[C@@H](O)[C@H](O)[C@H]5N)O[C@@H]4CO)[C@H](N)[C@@H](O)[C@@H]3O)cc2)cc1. The lowest BCUT2D eigenvalue weighted by Crippen LogP contribution is -2.68. The molecule has 6 rings (SSSR count). The summed E-state index contributed by atoms with van der Waals surface area (Å²) in [4.78, 5) is 14.8. The van der Waals surface area contributed by atoms with Crippen LogP contribution < -0.4 is 49.5 Å². The number of thiocarbonyl (C=S) groups is 1. The lowest BCUT2D eigenvalue weighted by molar-refractivity contribution is -0.306. The predicted octanol–water partition coefficient (Wildman–Crippen LogP) is -3.71. The molecule has 0 spiro atoms. The van der Waals surface area contributed by atoms with Gasteiger partial charge in [0.2, 0.25) is 5.91 Å². The Morgan fingerprint density at radius 2 is 1.24 bits per heavy atom. The van der Waals surface area contributed by atoms with E-state index in [-0.39, 0.29) is 31.8 Å². The Morgan fingerprint density at radius 3 is 1.84 bits per heavy atom. The van der Waals surface area contributed by atoms with Gasteiger partial charge in [-0.05, 0) is 80.0 Å². The van der Waals surface area contributed by atoms with Crippen LogP contribution in [0.25, 0.3) is 0 Å². The van der Waals surface area contributed by atoms with Crippen molar-refractivity contribution >= 4 is 46.0 Å². The topological polar surface area (TPSA) is 408 Å². The third-order valence-electron chi connectivity index (χ3n) is 12.8. The number of carbonyl (C=O) groups excluding carboxylic acids is 1. The van der Waals surface area contributed by atoms with E-state index in [1.54, 1.807) is 0 Å². The molecule has 3 aliphatic heterocycles. The number of amides is 1. The highest BCUT2D eigenvalue weighted by atomic mass is 32.1. The van der Waals surface area contributed by atoms with Crippen molar-refractivity contribution in [2.75, 3.05) is 50.6 Å². The zero-order chi connectivity index (χ0) is 50.8. The minimum Gasteiger partial charge on any atom is -0.394 e. The van der Waals surface area contributed by atoms with Crippen LogP contribution in [0.1, 0.15) is 32.1 Å². The molecule has 20 N–H and O–H groups in total. The Morgan fingerprint density at radius 1 is 0.686 bits per heavy atom. The number of hydrogen-bond acceptors (Lipinski definition) is 23. The largest absolute Gasteiger partial charge is 0.394 e. The molecule has 4 fully saturated rings. The van der Waals surface area contributed by atoms with Crippen molar-refractivity contribution in [1.29, 1.82) is 0 Å². The van der Waals surface area contributed by atoms with Gasteiger partial charge in [0.25, 0.3) is 0 Å². The van der Waals surface area contributed by atoms with Crippen LogP contribution in [0.15, 0.2) is 58.8 Å². The number of azo groups is 1. The van der Waals surface area contributed by atoms with E-state index in [1.165, 1.54) is 0 Å². The molecule has 2 aromatic rings. The lowest BCUT2D eigenvalue weighted by Gasteiger charge is -2.47. The number of unbranched alkanes of at least 4 members (excludes halogenated alkanes) is 2. The van der Waals surface area contributed by atoms with E-state index < -0.39 is 123 Å². The van der Waals surface area contributed by atoms with Crippen LogP contribution in [0.4, 0.5) is 22.7 Å². The summed E-state index contributed by atoms with van der Waals surface area (Å²) in [6.07, 6.45) is -18.9. The van der Waals surface area contributed by atoms with Gasteiger partial charge in [-0.15, -0.1) is 0 Å². The smallest absolute Gasteiger partial charge is 0.220 e. The zero-order valence-corrected chi connectivity index (χ0v) is 39.9. The van der Waals surface area contributed by atoms with Crippen molar-refractivity contribution in [3.63, 3.8) is 0 Å². The van der Waals surface area contributed by atoms with Crippen molar-refractivity contribution in [2.45, 2.75) is 148 Å². The van der Waals surface area contributed by atoms with Crippen molar-refractivity contribution in [3.05, 3.63) is 48.5 Å². The summed E-state index contributed by atoms with van der Waals surface area (Å²) < 4.78 is 35.6. The van der Waals surface area contributed by atoms with E-state index in [9.17, 15) is 40.5 Å². The molecular weight excluding hydrogens is 939 g/mol. The first kappa shape index (κ1) is 55.6. The summed E-state index contributed by atoms with van der Waals surface area (Å²) in [5.41, 5.74) is 33.9. The molecule has 70 heavy (non-hydrogen) atoms. The molecule has 392 valence electrons. The van der Waals surface area contributed by atoms with Crippen LogP contribution in [-0.2, 0) is 33.2 Å². The van der Waals surface area contributed by atoms with E-state index in [0.717, 1.165) is 23.5 Å². The van der Waals surface area contributed by atoms with E-state index in [0.29, 0.717) is 30.2 Å². The minimum absolute atomic E-state index is 0.0548. The molecule has 1 aliphatic carbocycles. The second-order valence-corrected chi connectivity index (χ2v) is 18.6. The molecule has 0 unspecified atom stereocenters. The normalized spacial score (nSPS) is 36.7. The van der Waals surface area contributed by atoms with Crippen molar-refractivity contribution in [1.82, 2.24) is 10.6 Å². The summed E-state index contributed by atoms with van der Waals surface area (Å²) in [5, 5.41) is 93.5. The second kappa shape index (κ2) is 25.8.